The molecular weight excluding hydrogens is 1490 g/mol. The van der Waals surface area contributed by atoms with E-state index in [-0.39, 0.29) is 99.7 Å². The number of nitrogens with one attached hydrogen (secondary N) is 1. The number of hydrogen-bond acceptors (Lipinski definition) is 27. The molecule has 7 aliphatic rings. The Labute approximate surface area is 650 Å². The van der Waals surface area contributed by atoms with Gasteiger partial charge in [-0.15, -0.1) is 0 Å². The van der Waals surface area contributed by atoms with Crippen LogP contribution in [0.2, 0.25) is 0 Å². The van der Waals surface area contributed by atoms with E-state index in [2.05, 4.69) is 89.1 Å². The van der Waals surface area contributed by atoms with Gasteiger partial charge in [-0.25, -0.2) is 26.3 Å². The number of hydrogen-bond donors (Lipinski definition) is 2. The van der Waals surface area contributed by atoms with E-state index < -0.39 is 34.0 Å². The molecule has 27 nitrogen and oxygen atoms in total. The maximum Gasteiger partial charge on any atom is 0.297 e. The van der Waals surface area contributed by atoms with Crippen LogP contribution in [0.15, 0.2) is 127 Å². The maximum atomic E-state index is 13.5. The van der Waals surface area contributed by atoms with Gasteiger partial charge in [-0.1, -0.05) is 17.7 Å². The lowest BCUT2D eigenvalue weighted by Crippen LogP contribution is -2.50. The van der Waals surface area contributed by atoms with E-state index in [0.717, 1.165) is 28.3 Å². The minimum Gasteiger partial charge on any atom is -0.394 e. The summed E-state index contributed by atoms with van der Waals surface area (Å²) in [5.74, 6) is -7.61. The summed E-state index contributed by atoms with van der Waals surface area (Å²) in [6.07, 6.45) is 11.4. The van der Waals surface area contributed by atoms with Gasteiger partial charge < -0.3 is 49.0 Å². The number of fused-ring (bicyclic) bond motifs is 4. The second-order valence-corrected chi connectivity index (χ2v) is 30.7. The summed E-state index contributed by atoms with van der Waals surface area (Å²) in [4.78, 5) is 47.1. The number of benzene rings is 5. The number of nitriles is 4. The molecule has 7 aliphatic heterocycles. The highest BCUT2D eigenvalue weighted by atomic mass is 32.2. The Balaban J connectivity index is 0.000000136. The van der Waals surface area contributed by atoms with Gasteiger partial charge in [0.05, 0.1) is 125 Å². The van der Waals surface area contributed by atoms with Crippen molar-refractivity contribution in [2.75, 3.05) is 138 Å². The van der Waals surface area contributed by atoms with E-state index in [0.29, 0.717) is 151 Å². The van der Waals surface area contributed by atoms with Crippen molar-refractivity contribution < 1.29 is 63.0 Å². The molecule has 594 valence electrons. The molecule has 0 amide bonds. The first kappa shape index (κ1) is 82.3. The van der Waals surface area contributed by atoms with Gasteiger partial charge in [0, 0.05) is 154 Å². The third-order valence-corrected chi connectivity index (χ3v) is 21.3. The highest BCUT2D eigenvalue weighted by molar-refractivity contribution is 7.86. The topological polar surface area (TPSA) is 330 Å². The Bertz CT molecular complexity index is 4970. The van der Waals surface area contributed by atoms with Crippen molar-refractivity contribution in [2.45, 2.75) is 125 Å². The van der Waals surface area contributed by atoms with Crippen molar-refractivity contribution in [1.29, 1.82) is 21.0 Å². The maximum absolute atomic E-state index is 13.5. The van der Waals surface area contributed by atoms with Crippen molar-refractivity contribution in [3.63, 3.8) is 0 Å². The van der Waals surface area contributed by atoms with Crippen LogP contribution in [0.4, 0.5) is 49.1 Å². The predicted molar refractivity (Wildman–Crippen MR) is 409 cm³/mol. The molecule has 0 bridgehead atoms. The van der Waals surface area contributed by atoms with Crippen LogP contribution in [-0.4, -0.2) is 248 Å². The molecule has 34 heteroatoms. The molecule has 113 heavy (non-hydrogen) atoms. The third-order valence-electron chi connectivity index (χ3n) is 20.0. The second kappa shape index (κ2) is 36.3. The quantitative estimate of drug-likeness (QED) is 0.0801. The molecule has 0 saturated carbocycles. The molecule has 0 aliphatic carbocycles. The third kappa shape index (κ3) is 20.8. The number of alkyl halides is 6. The van der Waals surface area contributed by atoms with Gasteiger partial charge in [-0.05, 0) is 95.3 Å². The number of aryl methyl sites for hydroxylation is 1. The zero-order valence-corrected chi connectivity index (χ0v) is 63.9. The van der Waals surface area contributed by atoms with Crippen LogP contribution in [0.3, 0.4) is 0 Å². The number of nitrogens with zero attached hydrogens (tertiary/aromatic N) is 18. The van der Waals surface area contributed by atoms with Gasteiger partial charge in [0.25, 0.3) is 27.9 Å². The number of halogens is 6. The number of ether oxygens (including phenoxy) is 4. The molecule has 16 rings (SSSR count). The number of rotatable bonds is 13. The molecule has 0 unspecified atom stereocenters. The zero-order valence-electron chi connectivity index (χ0n) is 63.0. The predicted octanol–water partition coefficient (Wildman–Crippen LogP) is 9.38. The van der Waals surface area contributed by atoms with Crippen molar-refractivity contribution in [3.8, 4) is 24.3 Å². The minimum absolute atomic E-state index is 0.00694. The summed E-state index contributed by atoms with van der Waals surface area (Å²) in [5, 5.41) is 49.0. The molecule has 2 N–H and O–H groups in total. The molecule has 11 heterocycles. The summed E-state index contributed by atoms with van der Waals surface area (Å²) >= 11 is 0. The van der Waals surface area contributed by atoms with Crippen LogP contribution in [0.25, 0.3) is 44.1 Å². The summed E-state index contributed by atoms with van der Waals surface area (Å²) in [7, 11) is -3.88. The largest absolute Gasteiger partial charge is 0.394 e. The Morgan fingerprint density at radius 3 is 1.06 bits per heavy atom. The normalized spacial score (nSPS) is 23.4. The van der Waals surface area contributed by atoms with E-state index in [1.165, 1.54) is 12.1 Å². The Morgan fingerprint density at radius 2 is 0.770 bits per heavy atom. The number of aromatic nitrogens is 8. The molecule has 7 saturated heterocycles. The van der Waals surface area contributed by atoms with Gasteiger partial charge in [0.15, 0.2) is 0 Å². The smallest absolute Gasteiger partial charge is 0.297 e. The molecule has 4 aromatic heterocycles. The average molecular weight is 1580 g/mol. The van der Waals surface area contributed by atoms with Crippen molar-refractivity contribution >= 4 is 77.0 Å². The number of anilines is 4. The number of likely N-dealkylation sites (tertiary alicyclic amines) is 2. The van der Waals surface area contributed by atoms with Crippen molar-refractivity contribution in [3.05, 3.63) is 150 Å². The number of aliphatic hydroxyl groups excluding tert-OH is 1. The first-order valence-corrected chi connectivity index (χ1v) is 38.6. The molecule has 8 atom stereocenters. The van der Waals surface area contributed by atoms with Crippen LogP contribution in [0, 0.1) is 52.2 Å². The molecule has 7 fully saturated rings. The van der Waals surface area contributed by atoms with Gasteiger partial charge in [0.1, 0.15) is 74.5 Å². The van der Waals surface area contributed by atoms with Gasteiger partial charge >= 0.3 is 0 Å². The number of morpholine rings is 4. The summed E-state index contributed by atoms with van der Waals surface area (Å²) < 4.78 is 132. The van der Waals surface area contributed by atoms with Crippen LogP contribution < -0.4 is 24.9 Å². The van der Waals surface area contributed by atoms with E-state index in [4.69, 9.17) is 23.1 Å². The highest BCUT2D eigenvalue weighted by Crippen LogP contribution is 2.36. The van der Waals surface area contributed by atoms with Crippen LogP contribution in [0.1, 0.15) is 74.8 Å². The van der Waals surface area contributed by atoms with E-state index >= 15 is 0 Å². The van der Waals surface area contributed by atoms with Crippen molar-refractivity contribution in [2.24, 2.45) is 0 Å². The van der Waals surface area contributed by atoms with Crippen LogP contribution in [-0.2, 0) is 33.2 Å². The van der Waals surface area contributed by atoms with Gasteiger partial charge in [-0.2, -0.15) is 29.5 Å². The Hall–Kier alpha value is -10.2. The summed E-state index contributed by atoms with van der Waals surface area (Å²) in [5.41, 5.74) is 11.4. The fraction of sp³-hybridized carbons (Fsp3) is 0.468. The lowest BCUT2D eigenvalue weighted by atomic mass is 10.1. The zero-order chi connectivity index (χ0) is 80.2. The van der Waals surface area contributed by atoms with E-state index in [1.807, 2.05) is 58.9 Å². The first-order chi connectivity index (χ1) is 54.2. The SMILES string of the molecule is C[C@@H]1CN(c2ccc(C#N)c3nccnc23)C[C@H](CN2CCC(F)(F)C2)O1.C[C@@H]1CN(c2ccc(C#N)c3nccnc23)C[C@H](CN2CCC(F)(F)C2)O1.C[C@@H]1CN(c2ccc(C#N)c3nccnc23)C[C@H](CO)O1.Cc1ccc(S(=O)(=O)OC[C@H]2CN(c3ccc(C#N)c4nccnc34)C[C@@H](C)O2)cc1.FC1(F)CCNC1. The van der Waals surface area contributed by atoms with Crippen LogP contribution in [0.5, 0.6) is 0 Å². The lowest BCUT2D eigenvalue weighted by Gasteiger charge is -2.39. The summed E-state index contributed by atoms with van der Waals surface area (Å²) in [6, 6.07) is 29.6. The van der Waals surface area contributed by atoms with E-state index in [9.17, 15) is 60.9 Å². The fourth-order valence-corrected chi connectivity index (χ4v) is 15.9. The molecular formula is C79H87F6N19O8S. The van der Waals surface area contributed by atoms with E-state index in [1.54, 1.807) is 95.8 Å². The fourth-order valence-electron chi connectivity index (χ4n) is 15.0. The molecule has 9 aromatic rings. The molecule has 5 aromatic carbocycles. The van der Waals surface area contributed by atoms with Crippen molar-refractivity contribution in [1.82, 2.24) is 55.0 Å². The second-order valence-electron chi connectivity index (χ2n) is 29.1. The summed E-state index contributed by atoms with van der Waals surface area (Å²) in [6.45, 7) is 16.2. The first-order valence-electron chi connectivity index (χ1n) is 37.2. The van der Waals surface area contributed by atoms with Gasteiger partial charge in [0.2, 0.25) is 0 Å². The van der Waals surface area contributed by atoms with Crippen LogP contribution >= 0.6 is 0 Å². The Kier molecular flexibility index (Phi) is 26.4. The Morgan fingerprint density at radius 1 is 0.451 bits per heavy atom. The van der Waals surface area contributed by atoms with Gasteiger partial charge in [-0.3, -0.25) is 53.9 Å². The standard InChI is InChI=1S/C22H22N4O4S.2C19H21F2N5O.C15H16N4O2.C4H7F2N/c1-15-3-6-19(7-4-15)31(27,28)29-14-18-13-26(12-16(2)30-18)20-8-5-17(11-23)21-22(20)25-10-9-24-21;2*1-13-9-26(11-15(27-13)10-25-7-4-19(20,21)12-25)16-3-2-14(8-22)17-18(16)24-6-5-23-17;1-10-7-19(8-12(9-20)21-10)13-3-2-11(6-16)14-15(13)18-5-4-17-14;5-4(6)1-2-7-3-4/h3-10,16,18H,12-14H2,1-2H3;2*2-3,5-6,13,15H,4,7,9-12H2,1H3;2-5,10,12,20H,7-9H2,1H3;7H,1-3H2/t16-,18-;2*13-,15+;10-,12-;/m1111./s1. The lowest BCUT2D eigenvalue weighted by molar-refractivity contribution is -0.0420. The average Bonchev–Trinajstić information content (AvgIpc) is 1.18. The molecule has 0 radical (unpaired) electrons. The minimum atomic E-state index is -3.88. The highest BCUT2D eigenvalue weighted by Gasteiger charge is 2.42. The number of aliphatic hydroxyl groups is 1. The molecule has 0 spiro atoms. The monoisotopic (exact) mass is 1580 g/mol.